The van der Waals surface area contributed by atoms with E-state index in [0.717, 1.165) is 31.4 Å². The smallest absolute Gasteiger partial charge is 0.273 e. The van der Waals surface area contributed by atoms with Crippen LogP contribution in [0, 0.1) is 11.8 Å². The highest BCUT2D eigenvalue weighted by Gasteiger charge is 2.40. The zero-order chi connectivity index (χ0) is 14.4. The molecule has 0 aliphatic heterocycles. The second-order valence-corrected chi connectivity index (χ2v) is 7.07. The van der Waals surface area contributed by atoms with Gasteiger partial charge in [-0.05, 0) is 50.4 Å². The van der Waals surface area contributed by atoms with Gasteiger partial charge in [0.05, 0.1) is 0 Å². The van der Waals surface area contributed by atoms with Crippen molar-refractivity contribution in [1.29, 1.82) is 0 Å². The van der Waals surface area contributed by atoms with Crippen molar-refractivity contribution < 1.29 is 9.32 Å². The van der Waals surface area contributed by atoms with Crippen LogP contribution in [0.5, 0.6) is 0 Å². The Morgan fingerprint density at radius 3 is 2.55 bits per heavy atom. The summed E-state index contributed by atoms with van der Waals surface area (Å²) in [7, 11) is 0. The average Bonchev–Trinajstić information content (AvgIpc) is 3.17. The number of carbonyl (C=O) groups is 1. The minimum atomic E-state index is -0.0805. The number of aromatic nitrogens is 1. The molecule has 6 heteroatoms. The fourth-order valence-electron chi connectivity index (χ4n) is 4.21. The molecule has 3 aliphatic carbocycles. The number of carbonyl (C=O) groups excluding carboxylic acids is 1. The van der Waals surface area contributed by atoms with Crippen LogP contribution in [0.3, 0.4) is 0 Å². The van der Waals surface area contributed by atoms with E-state index in [1.54, 1.807) is 0 Å². The van der Waals surface area contributed by atoms with Crippen molar-refractivity contribution in [3.05, 3.63) is 17.5 Å². The number of amides is 1. The number of rotatable bonds is 3. The Bertz CT molecular complexity index is 529. The number of nitrogens with two attached hydrogens (primary N) is 1. The highest BCUT2D eigenvalue weighted by atomic mass is 35.5. The molecule has 5 nitrogen and oxygen atoms in total. The predicted molar refractivity (Wildman–Crippen MR) is 85.0 cm³/mol. The molecule has 3 N–H and O–H groups in total. The van der Waals surface area contributed by atoms with Crippen LogP contribution in [0.15, 0.2) is 10.6 Å². The third-order valence-corrected chi connectivity index (χ3v) is 5.42. The maximum Gasteiger partial charge on any atom is 0.273 e. The monoisotopic (exact) mass is 325 g/mol. The van der Waals surface area contributed by atoms with Gasteiger partial charge in [0.2, 0.25) is 0 Å². The molecular weight excluding hydrogens is 302 g/mol. The van der Waals surface area contributed by atoms with Crippen LogP contribution in [-0.2, 0) is 0 Å². The minimum absolute atomic E-state index is 0. The van der Waals surface area contributed by atoms with E-state index < -0.39 is 0 Å². The standard InChI is InChI=1S/C16H23N3O2.ClH/c17-12-6-10-2-1-3-11(7-12)15(10)18-16(20)13-8-14(21-19-13)9-4-5-9;/h8-12,15H,1-7,17H2,(H,18,20);1H. The van der Waals surface area contributed by atoms with E-state index in [0.29, 0.717) is 29.5 Å². The van der Waals surface area contributed by atoms with Gasteiger partial charge < -0.3 is 15.6 Å². The molecule has 2 unspecified atom stereocenters. The van der Waals surface area contributed by atoms with Gasteiger partial charge in [0.15, 0.2) is 5.69 Å². The van der Waals surface area contributed by atoms with Crippen molar-refractivity contribution in [2.75, 3.05) is 0 Å². The maximum absolute atomic E-state index is 12.4. The highest BCUT2D eigenvalue weighted by Crippen LogP contribution is 2.41. The van der Waals surface area contributed by atoms with Crippen molar-refractivity contribution in [2.24, 2.45) is 17.6 Å². The first-order valence-electron chi connectivity index (χ1n) is 8.24. The fourth-order valence-corrected chi connectivity index (χ4v) is 4.21. The minimum Gasteiger partial charge on any atom is -0.360 e. The van der Waals surface area contributed by atoms with Gasteiger partial charge in [-0.1, -0.05) is 11.6 Å². The van der Waals surface area contributed by atoms with Crippen molar-refractivity contribution in [3.63, 3.8) is 0 Å². The lowest BCUT2D eigenvalue weighted by atomic mass is 9.67. The summed E-state index contributed by atoms with van der Waals surface area (Å²) in [5.74, 6) is 2.35. The third-order valence-electron chi connectivity index (χ3n) is 5.42. The molecule has 22 heavy (non-hydrogen) atoms. The number of hydrogen-bond donors (Lipinski definition) is 2. The van der Waals surface area contributed by atoms with Gasteiger partial charge in [-0.2, -0.15) is 0 Å². The van der Waals surface area contributed by atoms with Gasteiger partial charge in [-0.15, -0.1) is 12.4 Å². The van der Waals surface area contributed by atoms with E-state index in [4.69, 9.17) is 10.3 Å². The maximum atomic E-state index is 12.4. The normalized spacial score (nSPS) is 33.9. The van der Waals surface area contributed by atoms with Crippen molar-refractivity contribution in [3.8, 4) is 0 Å². The molecule has 2 bridgehead atoms. The van der Waals surface area contributed by atoms with E-state index in [2.05, 4.69) is 10.5 Å². The summed E-state index contributed by atoms with van der Waals surface area (Å²) >= 11 is 0. The summed E-state index contributed by atoms with van der Waals surface area (Å²) in [6.07, 6.45) is 8.01. The third kappa shape index (κ3) is 3.01. The van der Waals surface area contributed by atoms with E-state index in [1.807, 2.05) is 6.07 Å². The van der Waals surface area contributed by atoms with Crippen LogP contribution in [0.1, 0.15) is 67.1 Å². The van der Waals surface area contributed by atoms with Gasteiger partial charge in [-0.3, -0.25) is 4.79 Å². The van der Waals surface area contributed by atoms with Crippen LogP contribution < -0.4 is 11.1 Å². The quantitative estimate of drug-likeness (QED) is 0.895. The topological polar surface area (TPSA) is 81.1 Å². The van der Waals surface area contributed by atoms with Crippen LogP contribution in [0.4, 0.5) is 0 Å². The molecule has 3 saturated carbocycles. The SMILES string of the molecule is Cl.NC1CC2CCCC(C1)C2NC(=O)c1cc(C2CC2)on1. The summed E-state index contributed by atoms with van der Waals surface area (Å²) < 4.78 is 5.28. The number of hydrogen-bond acceptors (Lipinski definition) is 4. The second kappa shape index (κ2) is 6.20. The molecule has 1 heterocycles. The van der Waals surface area contributed by atoms with Gasteiger partial charge in [0, 0.05) is 24.1 Å². The van der Waals surface area contributed by atoms with Gasteiger partial charge in [0.25, 0.3) is 5.91 Å². The van der Waals surface area contributed by atoms with Crippen molar-refractivity contribution >= 4 is 18.3 Å². The highest BCUT2D eigenvalue weighted by molar-refractivity contribution is 5.92. The number of fused-ring (bicyclic) bond motifs is 2. The first-order chi connectivity index (χ1) is 10.2. The predicted octanol–water partition coefficient (Wildman–Crippen LogP) is 2.61. The summed E-state index contributed by atoms with van der Waals surface area (Å²) in [5.41, 5.74) is 6.57. The van der Waals surface area contributed by atoms with E-state index in [-0.39, 0.29) is 24.4 Å². The van der Waals surface area contributed by atoms with E-state index >= 15 is 0 Å². The number of halogens is 1. The van der Waals surface area contributed by atoms with Gasteiger partial charge in [-0.25, -0.2) is 0 Å². The molecule has 2 atom stereocenters. The summed E-state index contributed by atoms with van der Waals surface area (Å²) in [4.78, 5) is 12.4. The molecule has 0 aromatic carbocycles. The first kappa shape index (κ1) is 15.8. The van der Waals surface area contributed by atoms with Crippen molar-refractivity contribution in [1.82, 2.24) is 10.5 Å². The molecule has 4 rings (SSSR count). The summed E-state index contributed by atoms with van der Waals surface area (Å²) in [5, 5.41) is 7.15. The number of nitrogens with zero attached hydrogens (tertiary/aromatic N) is 1. The van der Waals surface area contributed by atoms with Crippen LogP contribution >= 0.6 is 12.4 Å². The zero-order valence-corrected chi connectivity index (χ0v) is 13.5. The lowest BCUT2D eigenvalue weighted by Crippen LogP contribution is -2.53. The van der Waals surface area contributed by atoms with Crippen molar-refractivity contribution in [2.45, 2.75) is 62.9 Å². The lowest BCUT2D eigenvalue weighted by Gasteiger charge is -2.45. The summed E-state index contributed by atoms with van der Waals surface area (Å²) in [6, 6.07) is 2.39. The Balaban J connectivity index is 0.00000144. The Hall–Kier alpha value is -1.07. The molecule has 0 spiro atoms. The molecule has 0 radical (unpaired) electrons. The molecule has 1 aromatic heterocycles. The first-order valence-corrected chi connectivity index (χ1v) is 8.24. The largest absolute Gasteiger partial charge is 0.360 e. The second-order valence-electron chi connectivity index (χ2n) is 7.07. The zero-order valence-electron chi connectivity index (χ0n) is 12.7. The number of nitrogens with one attached hydrogen (secondary N) is 1. The van der Waals surface area contributed by atoms with E-state index in [9.17, 15) is 4.79 Å². The molecule has 3 aliphatic rings. The van der Waals surface area contributed by atoms with Crippen LogP contribution in [0.2, 0.25) is 0 Å². The summed E-state index contributed by atoms with van der Waals surface area (Å²) in [6.45, 7) is 0. The lowest BCUT2D eigenvalue weighted by molar-refractivity contribution is 0.0748. The average molecular weight is 326 g/mol. The Morgan fingerprint density at radius 2 is 1.91 bits per heavy atom. The Kier molecular flexibility index (Phi) is 4.46. The van der Waals surface area contributed by atoms with Crippen LogP contribution in [0.25, 0.3) is 0 Å². The molecular formula is C16H24ClN3O2. The van der Waals surface area contributed by atoms with Gasteiger partial charge >= 0.3 is 0 Å². The molecule has 3 fully saturated rings. The fraction of sp³-hybridized carbons (Fsp3) is 0.750. The molecule has 122 valence electrons. The van der Waals surface area contributed by atoms with E-state index in [1.165, 1.54) is 19.3 Å². The van der Waals surface area contributed by atoms with Crippen LogP contribution in [-0.4, -0.2) is 23.1 Å². The molecule has 1 aromatic rings. The van der Waals surface area contributed by atoms with Gasteiger partial charge in [0.1, 0.15) is 5.76 Å². The Labute approximate surface area is 136 Å². The molecule has 1 amide bonds. The Morgan fingerprint density at radius 1 is 1.23 bits per heavy atom. The molecule has 0 saturated heterocycles.